The number of hydrogen-bond donors (Lipinski definition) is 2. The lowest BCUT2D eigenvalue weighted by atomic mass is 9.79. The molecular formula is C23H34N6O3. The van der Waals surface area contributed by atoms with Crippen molar-refractivity contribution in [2.45, 2.75) is 71.9 Å². The van der Waals surface area contributed by atoms with Gasteiger partial charge in [0.15, 0.2) is 5.82 Å². The van der Waals surface area contributed by atoms with Gasteiger partial charge in [0.05, 0.1) is 24.3 Å². The van der Waals surface area contributed by atoms with E-state index in [1.165, 1.54) is 0 Å². The number of ether oxygens (including phenoxy) is 1. The minimum Gasteiger partial charge on any atom is -0.444 e. The van der Waals surface area contributed by atoms with Crippen LogP contribution < -0.4 is 10.6 Å². The van der Waals surface area contributed by atoms with E-state index in [4.69, 9.17) is 4.74 Å². The molecule has 2 aromatic heterocycles. The first-order valence-corrected chi connectivity index (χ1v) is 11.1. The Morgan fingerprint density at radius 2 is 1.75 bits per heavy atom. The molecule has 0 aromatic carbocycles. The van der Waals surface area contributed by atoms with Crippen LogP contribution in [0.4, 0.5) is 10.5 Å². The number of anilines is 1. The SMILES string of the molecule is Cc1cnn(C)c1-c1ncc(NC(=O)[C@@H](NC(=O)OC(C)(C)C)C2CCC(C)CC2)cn1. The molecule has 1 saturated carbocycles. The molecule has 1 fully saturated rings. The van der Waals surface area contributed by atoms with Crippen molar-refractivity contribution in [2.75, 3.05) is 5.32 Å². The highest BCUT2D eigenvalue weighted by atomic mass is 16.6. The van der Waals surface area contributed by atoms with Crippen molar-refractivity contribution in [1.82, 2.24) is 25.1 Å². The van der Waals surface area contributed by atoms with Gasteiger partial charge in [-0.05, 0) is 57.9 Å². The molecule has 0 bridgehead atoms. The quantitative estimate of drug-likeness (QED) is 0.728. The van der Waals surface area contributed by atoms with Gasteiger partial charge in [-0.15, -0.1) is 0 Å². The molecule has 174 valence electrons. The van der Waals surface area contributed by atoms with E-state index in [0.29, 0.717) is 17.4 Å². The molecule has 1 aliphatic rings. The van der Waals surface area contributed by atoms with Crippen LogP contribution in [0.3, 0.4) is 0 Å². The van der Waals surface area contributed by atoms with Crippen molar-refractivity contribution in [1.29, 1.82) is 0 Å². The summed E-state index contributed by atoms with van der Waals surface area (Å²) < 4.78 is 7.11. The van der Waals surface area contributed by atoms with Crippen molar-refractivity contribution < 1.29 is 14.3 Å². The van der Waals surface area contributed by atoms with Crippen LogP contribution in [0.1, 0.15) is 58.9 Å². The average Bonchev–Trinajstić information content (AvgIpc) is 3.04. The van der Waals surface area contributed by atoms with Gasteiger partial charge < -0.3 is 15.4 Å². The Kier molecular flexibility index (Phi) is 7.16. The second-order valence-electron chi connectivity index (χ2n) is 9.73. The molecular weight excluding hydrogens is 408 g/mol. The van der Waals surface area contributed by atoms with Crippen molar-refractivity contribution in [3.05, 3.63) is 24.2 Å². The summed E-state index contributed by atoms with van der Waals surface area (Å²) in [6.45, 7) is 9.56. The number of amides is 2. The van der Waals surface area contributed by atoms with E-state index in [1.807, 2.05) is 14.0 Å². The van der Waals surface area contributed by atoms with Crippen LogP contribution in [-0.2, 0) is 16.6 Å². The third-order valence-corrected chi connectivity index (χ3v) is 5.74. The maximum Gasteiger partial charge on any atom is 0.408 e. The van der Waals surface area contributed by atoms with Crippen molar-refractivity contribution in [3.63, 3.8) is 0 Å². The zero-order valence-electron chi connectivity index (χ0n) is 19.8. The highest BCUT2D eigenvalue weighted by molar-refractivity contribution is 5.96. The Bertz CT molecular complexity index is 920. The summed E-state index contributed by atoms with van der Waals surface area (Å²) >= 11 is 0. The van der Waals surface area contributed by atoms with Crippen LogP contribution in [-0.4, -0.2) is 43.4 Å². The Balaban J connectivity index is 1.73. The number of aryl methyl sites for hydroxylation is 2. The first-order valence-electron chi connectivity index (χ1n) is 11.1. The van der Waals surface area contributed by atoms with Crippen LogP contribution in [0.2, 0.25) is 0 Å². The number of aromatic nitrogens is 4. The molecule has 9 heteroatoms. The maximum atomic E-state index is 13.2. The van der Waals surface area contributed by atoms with E-state index >= 15 is 0 Å². The lowest BCUT2D eigenvalue weighted by molar-refractivity contribution is -0.119. The lowest BCUT2D eigenvalue weighted by Crippen LogP contribution is -2.50. The molecule has 0 spiro atoms. The predicted molar refractivity (Wildman–Crippen MR) is 122 cm³/mol. The van der Waals surface area contributed by atoms with E-state index in [1.54, 1.807) is 44.0 Å². The molecule has 0 saturated heterocycles. The summed E-state index contributed by atoms with van der Waals surface area (Å²) in [6.07, 6.45) is 8.13. The predicted octanol–water partition coefficient (Wildman–Crippen LogP) is 3.84. The van der Waals surface area contributed by atoms with Gasteiger partial charge >= 0.3 is 6.09 Å². The number of hydrogen-bond acceptors (Lipinski definition) is 6. The van der Waals surface area contributed by atoms with Gasteiger partial charge in [-0.1, -0.05) is 19.8 Å². The van der Waals surface area contributed by atoms with Crippen molar-refractivity contribution >= 4 is 17.7 Å². The van der Waals surface area contributed by atoms with Crippen LogP contribution in [0.25, 0.3) is 11.5 Å². The molecule has 1 atom stereocenters. The fourth-order valence-electron chi connectivity index (χ4n) is 4.05. The molecule has 2 N–H and O–H groups in total. The normalized spacial score (nSPS) is 19.8. The van der Waals surface area contributed by atoms with Gasteiger partial charge in [-0.3, -0.25) is 9.48 Å². The van der Waals surface area contributed by atoms with Crippen LogP contribution in [0, 0.1) is 18.8 Å². The summed E-state index contributed by atoms with van der Waals surface area (Å²) in [6, 6.07) is -0.684. The molecule has 2 aromatic rings. The summed E-state index contributed by atoms with van der Waals surface area (Å²) in [5, 5.41) is 9.88. The van der Waals surface area contributed by atoms with Crippen LogP contribution >= 0.6 is 0 Å². The zero-order valence-corrected chi connectivity index (χ0v) is 19.8. The lowest BCUT2D eigenvalue weighted by Gasteiger charge is -2.33. The highest BCUT2D eigenvalue weighted by Gasteiger charge is 2.33. The van der Waals surface area contributed by atoms with Gasteiger partial charge in [0.25, 0.3) is 0 Å². The maximum absolute atomic E-state index is 13.2. The Morgan fingerprint density at radius 1 is 1.12 bits per heavy atom. The number of rotatable bonds is 5. The fraction of sp³-hybridized carbons (Fsp3) is 0.609. The number of nitrogens with zero attached hydrogens (tertiary/aromatic N) is 4. The van der Waals surface area contributed by atoms with Gasteiger partial charge in [0.1, 0.15) is 17.3 Å². The summed E-state index contributed by atoms with van der Waals surface area (Å²) in [7, 11) is 1.83. The molecule has 0 radical (unpaired) electrons. The van der Waals surface area contributed by atoms with E-state index in [2.05, 4.69) is 32.6 Å². The molecule has 9 nitrogen and oxygen atoms in total. The van der Waals surface area contributed by atoms with Gasteiger partial charge in [-0.2, -0.15) is 5.10 Å². The Hall–Kier alpha value is -2.97. The molecule has 2 heterocycles. The zero-order chi connectivity index (χ0) is 23.5. The van der Waals surface area contributed by atoms with Crippen molar-refractivity contribution in [2.24, 2.45) is 18.9 Å². The van der Waals surface area contributed by atoms with Crippen LogP contribution in [0.15, 0.2) is 18.6 Å². The second kappa shape index (κ2) is 9.67. The smallest absolute Gasteiger partial charge is 0.408 e. The molecule has 0 aliphatic heterocycles. The topological polar surface area (TPSA) is 111 Å². The van der Waals surface area contributed by atoms with Gasteiger partial charge in [0.2, 0.25) is 5.91 Å². The first kappa shape index (κ1) is 23.7. The minimum atomic E-state index is -0.684. The van der Waals surface area contributed by atoms with E-state index in [-0.39, 0.29) is 11.8 Å². The van der Waals surface area contributed by atoms with E-state index < -0.39 is 17.7 Å². The fourth-order valence-corrected chi connectivity index (χ4v) is 4.05. The number of alkyl carbamates (subject to hydrolysis) is 1. The Morgan fingerprint density at radius 3 is 2.28 bits per heavy atom. The van der Waals surface area contributed by atoms with E-state index in [0.717, 1.165) is 36.9 Å². The third kappa shape index (κ3) is 6.05. The number of carbonyl (C=O) groups excluding carboxylic acids is 2. The van der Waals surface area contributed by atoms with E-state index in [9.17, 15) is 9.59 Å². The highest BCUT2D eigenvalue weighted by Crippen LogP contribution is 2.31. The number of nitrogens with one attached hydrogen (secondary N) is 2. The molecule has 2 amide bonds. The first-order chi connectivity index (χ1) is 15.0. The minimum absolute atomic E-state index is 0.0519. The number of carbonyl (C=O) groups is 2. The van der Waals surface area contributed by atoms with Gasteiger partial charge in [0, 0.05) is 7.05 Å². The summed E-state index contributed by atoms with van der Waals surface area (Å²) in [5.41, 5.74) is 1.62. The Labute approximate surface area is 189 Å². The molecule has 32 heavy (non-hydrogen) atoms. The molecule has 1 aliphatic carbocycles. The average molecular weight is 443 g/mol. The second-order valence-corrected chi connectivity index (χ2v) is 9.73. The standard InChI is InChI=1S/C23H34N6O3/c1-14-7-9-16(10-8-14)18(28-22(31)32-23(3,4)5)21(30)27-17-12-24-20(25-13-17)19-15(2)11-26-29(19)6/h11-14,16,18H,7-10H2,1-6H3,(H,27,30)(H,28,31)/t14?,16?,18-/m0/s1. The third-order valence-electron chi connectivity index (χ3n) is 5.74. The van der Waals surface area contributed by atoms with Crippen molar-refractivity contribution in [3.8, 4) is 11.5 Å². The van der Waals surface area contributed by atoms with Crippen LogP contribution in [0.5, 0.6) is 0 Å². The summed E-state index contributed by atoms with van der Waals surface area (Å²) in [5.74, 6) is 0.928. The molecule has 3 rings (SSSR count). The van der Waals surface area contributed by atoms with Gasteiger partial charge in [-0.25, -0.2) is 14.8 Å². The largest absolute Gasteiger partial charge is 0.444 e. The molecule has 0 unspecified atom stereocenters. The monoisotopic (exact) mass is 442 g/mol. The summed E-state index contributed by atoms with van der Waals surface area (Å²) in [4.78, 5) is 34.4.